The minimum atomic E-state index is -4.57. The number of rotatable bonds is 5. The highest BCUT2D eigenvalue weighted by Gasteiger charge is 2.37. The maximum Gasteiger partial charge on any atom is 0.433 e. The molecule has 3 aliphatic rings. The van der Waals surface area contributed by atoms with Crippen molar-refractivity contribution in [3.63, 3.8) is 0 Å². The molecule has 0 bridgehead atoms. The summed E-state index contributed by atoms with van der Waals surface area (Å²) in [4.78, 5) is 23.0. The summed E-state index contributed by atoms with van der Waals surface area (Å²) in [5.41, 5.74) is 7.72. The number of amides is 1. The first kappa shape index (κ1) is 26.6. The van der Waals surface area contributed by atoms with Crippen molar-refractivity contribution in [2.45, 2.75) is 50.7 Å². The summed E-state index contributed by atoms with van der Waals surface area (Å²) in [7, 11) is 0. The topological polar surface area (TPSA) is 80.8 Å². The smallest absolute Gasteiger partial charge is 0.383 e. The summed E-state index contributed by atoms with van der Waals surface area (Å²) in [5, 5.41) is 0.281. The molecular weight excluding hydrogens is 524 g/mol. The zero-order chi connectivity index (χ0) is 27.2. The van der Waals surface area contributed by atoms with Gasteiger partial charge in [0.25, 0.3) is 5.91 Å². The van der Waals surface area contributed by atoms with Gasteiger partial charge in [0.1, 0.15) is 17.3 Å². The van der Waals surface area contributed by atoms with Gasteiger partial charge in [-0.15, -0.1) is 0 Å². The van der Waals surface area contributed by atoms with Crippen molar-refractivity contribution in [2.24, 2.45) is 16.6 Å². The molecule has 6 nitrogen and oxygen atoms in total. The monoisotopic (exact) mass is 550 g/mol. The van der Waals surface area contributed by atoms with Crippen LogP contribution in [0.15, 0.2) is 34.8 Å². The molecule has 3 fully saturated rings. The second-order valence-electron chi connectivity index (χ2n) is 10.1. The SMILES string of the molecule is CC1CC(C(=O)N=C(N)c2ccc(C(F)(F)F)nc2C2CC2)CCN1c1cc(Cl)cc(F)c1C=C1COC1. The Morgan fingerprint density at radius 1 is 1.24 bits per heavy atom. The van der Waals surface area contributed by atoms with E-state index in [-0.39, 0.29) is 34.1 Å². The van der Waals surface area contributed by atoms with Gasteiger partial charge in [0, 0.05) is 46.3 Å². The van der Waals surface area contributed by atoms with Crippen molar-refractivity contribution < 1.29 is 27.1 Å². The maximum absolute atomic E-state index is 14.9. The van der Waals surface area contributed by atoms with Crippen molar-refractivity contribution in [3.8, 4) is 0 Å². The van der Waals surface area contributed by atoms with Crippen molar-refractivity contribution in [3.05, 3.63) is 63.2 Å². The molecule has 38 heavy (non-hydrogen) atoms. The van der Waals surface area contributed by atoms with E-state index in [4.69, 9.17) is 22.1 Å². The van der Waals surface area contributed by atoms with E-state index in [1.807, 2.05) is 11.8 Å². The number of pyridine rings is 1. The quantitative estimate of drug-likeness (QED) is 0.292. The molecule has 2 unspecified atom stereocenters. The number of nitrogens with zero attached hydrogens (tertiary/aromatic N) is 3. The first-order chi connectivity index (χ1) is 18.0. The van der Waals surface area contributed by atoms with Crippen LogP contribution in [-0.4, -0.2) is 42.5 Å². The molecule has 3 heterocycles. The third-order valence-electron chi connectivity index (χ3n) is 7.22. The highest BCUT2D eigenvalue weighted by Crippen LogP contribution is 2.42. The van der Waals surface area contributed by atoms with E-state index in [0.29, 0.717) is 56.7 Å². The highest BCUT2D eigenvalue weighted by molar-refractivity contribution is 6.31. The van der Waals surface area contributed by atoms with Crippen LogP contribution in [0.1, 0.15) is 61.0 Å². The van der Waals surface area contributed by atoms with Crippen molar-refractivity contribution in [1.29, 1.82) is 0 Å². The van der Waals surface area contributed by atoms with E-state index in [2.05, 4.69) is 9.98 Å². The van der Waals surface area contributed by atoms with E-state index in [9.17, 15) is 22.4 Å². The van der Waals surface area contributed by atoms with Gasteiger partial charge >= 0.3 is 6.18 Å². The summed E-state index contributed by atoms with van der Waals surface area (Å²) in [6, 6.07) is 4.99. The Balaban J connectivity index is 1.34. The van der Waals surface area contributed by atoms with Crippen molar-refractivity contribution >= 4 is 35.1 Å². The van der Waals surface area contributed by atoms with Crippen LogP contribution in [0.2, 0.25) is 5.02 Å². The van der Waals surface area contributed by atoms with Crippen LogP contribution in [-0.2, 0) is 15.7 Å². The molecule has 0 radical (unpaired) electrons. The Kier molecular flexibility index (Phi) is 7.21. The first-order valence-electron chi connectivity index (χ1n) is 12.5. The normalized spacial score (nSPS) is 22.3. The van der Waals surface area contributed by atoms with E-state index in [0.717, 1.165) is 11.6 Å². The molecule has 5 rings (SSSR count). The van der Waals surface area contributed by atoms with Gasteiger partial charge in [-0.3, -0.25) is 4.79 Å². The number of alkyl halides is 3. The van der Waals surface area contributed by atoms with Crippen LogP contribution in [0.5, 0.6) is 0 Å². The van der Waals surface area contributed by atoms with E-state index >= 15 is 0 Å². The number of amidine groups is 1. The Morgan fingerprint density at radius 2 is 1.97 bits per heavy atom. The number of halogens is 5. The molecule has 202 valence electrons. The number of ether oxygens (including phenoxy) is 1. The van der Waals surface area contributed by atoms with Gasteiger partial charge in [-0.05, 0) is 68.5 Å². The third kappa shape index (κ3) is 5.56. The molecule has 1 amide bonds. The second kappa shape index (κ2) is 10.3. The zero-order valence-electron chi connectivity index (χ0n) is 20.7. The average molecular weight is 551 g/mol. The van der Waals surface area contributed by atoms with Crippen LogP contribution in [0.25, 0.3) is 6.08 Å². The molecule has 1 aromatic heterocycles. The summed E-state index contributed by atoms with van der Waals surface area (Å²) >= 11 is 6.18. The highest BCUT2D eigenvalue weighted by atomic mass is 35.5. The van der Waals surface area contributed by atoms with Gasteiger partial charge in [-0.25, -0.2) is 9.37 Å². The molecule has 1 aliphatic carbocycles. The van der Waals surface area contributed by atoms with E-state index in [1.165, 1.54) is 12.1 Å². The summed E-state index contributed by atoms with van der Waals surface area (Å²) in [5.74, 6) is -1.53. The van der Waals surface area contributed by atoms with Crippen LogP contribution in [0.4, 0.5) is 23.2 Å². The fourth-order valence-electron chi connectivity index (χ4n) is 5.00. The number of aliphatic imine (C=N–C) groups is 1. The number of carbonyl (C=O) groups excluding carboxylic acids is 1. The standard InChI is InChI=1S/C27H27ClF4N4O2/c1-14-8-17(6-7-36(14)22-11-18(28)10-21(29)20(22)9-15-12-38-13-15)26(37)35-25(33)19-4-5-23(27(30,31)32)34-24(19)16-2-3-16/h4-5,9-11,14,16-17H,2-3,6-8,12-13H2,1H3,(H2,33,35,37). The maximum atomic E-state index is 14.9. The second-order valence-corrected chi connectivity index (χ2v) is 10.6. The average Bonchev–Trinajstić information content (AvgIpc) is 3.66. The summed E-state index contributed by atoms with van der Waals surface area (Å²) < 4.78 is 59.5. The lowest BCUT2D eigenvalue weighted by Gasteiger charge is -2.39. The first-order valence-corrected chi connectivity index (χ1v) is 12.9. The Bertz CT molecular complexity index is 1320. The van der Waals surface area contributed by atoms with Gasteiger partial charge in [-0.2, -0.15) is 18.2 Å². The van der Waals surface area contributed by atoms with E-state index < -0.39 is 29.5 Å². The predicted octanol–water partition coefficient (Wildman–Crippen LogP) is 5.72. The van der Waals surface area contributed by atoms with Crippen LogP contribution in [0.3, 0.4) is 0 Å². The zero-order valence-corrected chi connectivity index (χ0v) is 21.4. The largest absolute Gasteiger partial charge is 0.433 e. The van der Waals surface area contributed by atoms with Gasteiger partial charge in [0.2, 0.25) is 0 Å². The molecule has 2 aliphatic heterocycles. The Morgan fingerprint density at radius 3 is 2.58 bits per heavy atom. The Labute approximate surface area is 222 Å². The summed E-state index contributed by atoms with van der Waals surface area (Å²) in [6.07, 6.45) is -0.447. The molecule has 0 spiro atoms. The fraction of sp³-hybridized carbons (Fsp3) is 0.444. The fourth-order valence-corrected chi connectivity index (χ4v) is 5.20. The van der Waals surface area contributed by atoms with Crippen LogP contribution >= 0.6 is 11.6 Å². The third-order valence-corrected chi connectivity index (χ3v) is 7.43. The number of carbonyl (C=O) groups is 1. The lowest BCUT2D eigenvalue weighted by atomic mass is 9.90. The number of hydrogen-bond acceptors (Lipinski definition) is 4. The molecule has 11 heteroatoms. The number of aromatic nitrogens is 1. The molecular formula is C27H27ClF4N4O2. The Hall–Kier alpha value is -2.98. The minimum Gasteiger partial charge on any atom is -0.383 e. The van der Waals surface area contributed by atoms with E-state index in [1.54, 1.807) is 12.1 Å². The lowest BCUT2D eigenvalue weighted by Crippen LogP contribution is -2.43. The lowest BCUT2D eigenvalue weighted by molar-refractivity contribution is -0.141. The van der Waals surface area contributed by atoms with Gasteiger partial charge in [0.15, 0.2) is 0 Å². The van der Waals surface area contributed by atoms with Gasteiger partial charge in [0.05, 0.1) is 18.9 Å². The number of hydrogen-bond donors (Lipinski definition) is 1. The van der Waals surface area contributed by atoms with Crippen molar-refractivity contribution in [2.75, 3.05) is 24.7 Å². The van der Waals surface area contributed by atoms with Crippen LogP contribution in [0, 0.1) is 11.7 Å². The molecule has 2 N–H and O–H groups in total. The van der Waals surface area contributed by atoms with Gasteiger partial charge in [-0.1, -0.05) is 11.6 Å². The number of anilines is 1. The van der Waals surface area contributed by atoms with Crippen molar-refractivity contribution in [1.82, 2.24) is 4.98 Å². The predicted molar refractivity (Wildman–Crippen MR) is 137 cm³/mol. The van der Waals surface area contributed by atoms with Crippen LogP contribution < -0.4 is 10.6 Å². The molecule has 1 saturated carbocycles. The van der Waals surface area contributed by atoms with Gasteiger partial charge < -0.3 is 15.4 Å². The number of piperidine rings is 1. The molecule has 2 atom stereocenters. The number of benzene rings is 1. The minimum absolute atomic E-state index is 0.117. The number of nitrogens with two attached hydrogens (primary N) is 1. The molecule has 2 aromatic rings. The molecule has 1 aromatic carbocycles. The summed E-state index contributed by atoms with van der Waals surface area (Å²) in [6.45, 7) is 3.34. The molecule has 2 saturated heterocycles.